The van der Waals surface area contributed by atoms with Crippen LogP contribution in [0, 0.1) is 19.3 Å². The topological polar surface area (TPSA) is 34.1 Å². The van der Waals surface area contributed by atoms with Crippen LogP contribution in [-0.2, 0) is 18.3 Å². The van der Waals surface area contributed by atoms with Gasteiger partial charge in [0.05, 0.1) is 16.6 Å². The molecule has 7 rings (SSSR count). The molecular formula is C26H26N2O. The molecule has 0 unspecified atom stereocenters. The Labute approximate surface area is 171 Å². The van der Waals surface area contributed by atoms with E-state index in [1.54, 1.807) is 0 Å². The molecule has 1 aromatic heterocycles. The van der Waals surface area contributed by atoms with Crippen molar-refractivity contribution in [3.63, 3.8) is 0 Å². The molecule has 3 aromatic rings. The van der Waals surface area contributed by atoms with Gasteiger partial charge in [-0.3, -0.25) is 0 Å². The number of hydrogen-bond acceptors (Lipinski definition) is 3. The molecule has 3 heterocycles. The molecule has 0 radical (unpaired) electrons. The summed E-state index contributed by atoms with van der Waals surface area (Å²) in [6, 6.07) is 13.7. The van der Waals surface area contributed by atoms with Gasteiger partial charge in [-0.15, -0.1) is 0 Å². The fraction of sp³-hybridized carbons (Fsp3) is 0.423. The van der Waals surface area contributed by atoms with Gasteiger partial charge >= 0.3 is 0 Å². The lowest BCUT2D eigenvalue weighted by atomic mass is 9.44. The minimum atomic E-state index is 0.0271. The Balaban J connectivity index is 1.61. The average Bonchev–Trinajstić information content (AvgIpc) is 3.06. The van der Waals surface area contributed by atoms with Gasteiger partial charge in [-0.05, 0) is 68.0 Å². The van der Waals surface area contributed by atoms with Crippen molar-refractivity contribution in [2.45, 2.75) is 57.6 Å². The number of ether oxygens (including phenoxy) is 1. The smallest absolute Gasteiger partial charge is 0.151 e. The Hall–Kier alpha value is -2.39. The summed E-state index contributed by atoms with van der Waals surface area (Å²) in [5.74, 6) is 1.15. The third-order valence-electron chi connectivity index (χ3n) is 8.80. The molecule has 2 bridgehead atoms. The highest BCUT2D eigenvalue weighted by Gasteiger charge is 2.69. The van der Waals surface area contributed by atoms with Crippen LogP contribution < -0.4 is 10.1 Å². The minimum absolute atomic E-state index is 0.0271. The van der Waals surface area contributed by atoms with Crippen LogP contribution >= 0.6 is 0 Å². The average molecular weight is 383 g/mol. The van der Waals surface area contributed by atoms with Crippen LogP contribution in [0.2, 0.25) is 0 Å². The van der Waals surface area contributed by atoms with E-state index < -0.39 is 0 Å². The zero-order valence-electron chi connectivity index (χ0n) is 17.3. The Morgan fingerprint density at radius 2 is 2.00 bits per heavy atom. The summed E-state index contributed by atoms with van der Waals surface area (Å²) < 4.78 is 6.91. The Morgan fingerprint density at radius 1 is 1.14 bits per heavy atom. The number of benzene rings is 2. The second kappa shape index (κ2) is 5.02. The van der Waals surface area contributed by atoms with Crippen molar-refractivity contribution in [1.29, 1.82) is 0 Å². The first-order valence-electron chi connectivity index (χ1n) is 11.0. The van der Waals surface area contributed by atoms with Gasteiger partial charge in [-0.2, -0.15) is 0 Å². The third-order valence-corrected chi connectivity index (χ3v) is 8.80. The predicted molar refractivity (Wildman–Crippen MR) is 115 cm³/mol. The summed E-state index contributed by atoms with van der Waals surface area (Å²) in [6.07, 6.45) is 3.34. The monoisotopic (exact) mass is 382 g/mol. The molecule has 1 spiro atoms. The summed E-state index contributed by atoms with van der Waals surface area (Å²) in [6.45, 7) is 8.08. The van der Waals surface area contributed by atoms with Gasteiger partial charge in [0.1, 0.15) is 5.75 Å². The molecule has 2 aliphatic carbocycles. The Bertz CT molecular complexity index is 1230. The van der Waals surface area contributed by atoms with Crippen molar-refractivity contribution < 1.29 is 4.74 Å². The molecule has 1 fully saturated rings. The van der Waals surface area contributed by atoms with Gasteiger partial charge in [0.15, 0.2) is 6.10 Å². The first-order valence-corrected chi connectivity index (χ1v) is 11.0. The standard InChI is InChI=1S/C26H26N2O/c1-14-8-9-16-12-20-25(3)13-18-15(2)17-6-4-5-7-19(17)28-22(18)24-26(25,10-11-27-20)21(16)23(14)29-24/h4-9,20,24,27H,10-13H2,1-3H3/t20-,24+,25+,26+/m1/s1. The quantitative estimate of drug-likeness (QED) is 0.612. The molecule has 1 saturated heterocycles. The van der Waals surface area contributed by atoms with E-state index in [9.17, 15) is 0 Å². The first-order chi connectivity index (χ1) is 14.0. The van der Waals surface area contributed by atoms with Crippen molar-refractivity contribution in [1.82, 2.24) is 10.3 Å². The summed E-state index contributed by atoms with van der Waals surface area (Å²) >= 11 is 0. The molecule has 146 valence electrons. The van der Waals surface area contributed by atoms with Crippen LogP contribution in [0.3, 0.4) is 0 Å². The molecule has 29 heavy (non-hydrogen) atoms. The number of rotatable bonds is 0. The third kappa shape index (κ3) is 1.66. The van der Waals surface area contributed by atoms with Crippen LogP contribution in [-0.4, -0.2) is 17.6 Å². The van der Waals surface area contributed by atoms with Crippen molar-refractivity contribution >= 4 is 10.9 Å². The van der Waals surface area contributed by atoms with E-state index in [2.05, 4.69) is 62.5 Å². The summed E-state index contributed by atoms with van der Waals surface area (Å²) in [7, 11) is 0. The van der Waals surface area contributed by atoms with Crippen LogP contribution in [0.4, 0.5) is 0 Å². The second-order valence-electron chi connectivity index (χ2n) is 9.89. The Kier molecular flexibility index (Phi) is 2.84. The van der Waals surface area contributed by atoms with Gasteiger partial charge in [-0.25, -0.2) is 4.98 Å². The van der Waals surface area contributed by atoms with Crippen molar-refractivity contribution in [3.8, 4) is 5.75 Å². The highest BCUT2D eigenvalue weighted by molar-refractivity contribution is 5.84. The minimum Gasteiger partial charge on any atom is -0.483 e. The maximum Gasteiger partial charge on any atom is 0.151 e. The van der Waals surface area contributed by atoms with E-state index in [0.717, 1.165) is 37.1 Å². The summed E-state index contributed by atoms with van der Waals surface area (Å²) in [5.41, 5.74) is 9.56. The zero-order valence-corrected chi connectivity index (χ0v) is 17.3. The fourth-order valence-corrected chi connectivity index (χ4v) is 7.33. The van der Waals surface area contributed by atoms with Crippen LogP contribution in [0.5, 0.6) is 5.75 Å². The summed E-state index contributed by atoms with van der Waals surface area (Å²) in [4.78, 5) is 5.25. The molecular weight excluding hydrogens is 356 g/mol. The van der Waals surface area contributed by atoms with Gasteiger partial charge in [-0.1, -0.05) is 37.3 Å². The van der Waals surface area contributed by atoms with E-state index >= 15 is 0 Å². The van der Waals surface area contributed by atoms with E-state index in [-0.39, 0.29) is 16.9 Å². The number of aryl methyl sites for hydroxylation is 2. The number of nitrogens with zero attached hydrogens (tertiary/aromatic N) is 1. The van der Waals surface area contributed by atoms with E-state index in [4.69, 9.17) is 9.72 Å². The van der Waals surface area contributed by atoms with Crippen molar-refractivity contribution in [2.24, 2.45) is 5.41 Å². The molecule has 0 saturated carbocycles. The number of pyridine rings is 1. The van der Waals surface area contributed by atoms with E-state index in [1.165, 1.54) is 38.9 Å². The summed E-state index contributed by atoms with van der Waals surface area (Å²) in [5, 5.41) is 5.18. The normalized spacial score (nSPS) is 33.2. The number of nitrogens with one attached hydrogen (secondary N) is 1. The SMILES string of the molecule is Cc1ccc2c3c1O[C@H]1c4nc5ccccc5c(C)c4C[C@@]4(C)[C@@H](C2)NCC[C@]314. The van der Waals surface area contributed by atoms with Gasteiger partial charge in [0, 0.05) is 22.4 Å². The maximum absolute atomic E-state index is 6.91. The first kappa shape index (κ1) is 16.4. The number of piperidine rings is 1. The number of fused-ring (bicyclic) bond motifs is 3. The maximum atomic E-state index is 6.91. The zero-order chi connectivity index (χ0) is 19.5. The highest BCUT2D eigenvalue weighted by atomic mass is 16.5. The molecule has 3 nitrogen and oxygen atoms in total. The molecule has 2 aliphatic heterocycles. The number of para-hydroxylation sites is 1. The predicted octanol–water partition coefficient (Wildman–Crippen LogP) is 4.70. The number of aromatic nitrogens is 1. The number of hydrogen-bond donors (Lipinski definition) is 1. The van der Waals surface area contributed by atoms with Crippen LogP contribution in [0.25, 0.3) is 10.9 Å². The largest absolute Gasteiger partial charge is 0.483 e. The Morgan fingerprint density at radius 3 is 2.90 bits per heavy atom. The van der Waals surface area contributed by atoms with Gasteiger partial charge in [0.25, 0.3) is 0 Å². The molecule has 1 N–H and O–H groups in total. The lowest BCUT2D eigenvalue weighted by molar-refractivity contribution is -0.0435. The van der Waals surface area contributed by atoms with Crippen molar-refractivity contribution in [2.75, 3.05) is 6.54 Å². The van der Waals surface area contributed by atoms with E-state index in [0.29, 0.717) is 6.04 Å². The van der Waals surface area contributed by atoms with Crippen LogP contribution in [0.1, 0.15) is 53.0 Å². The molecule has 3 heteroatoms. The molecule has 0 amide bonds. The lowest BCUT2D eigenvalue weighted by Crippen LogP contribution is -2.68. The van der Waals surface area contributed by atoms with Gasteiger partial charge < -0.3 is 10.1 Å². The van der Waals surface area contributed by atoms with Gasteiger partial charge in [0.2, 0.25) is 0 Å². The van der Waals surface area contributed by atoms with E-state index in [1.807, 2.05) is 0 Å². The molecule has 4 atom stereocenters. The second-order valence-corrected chi connectivity index (χ2v) is 9.89. The van der Waals surface area contributed by atoms with Crippen LogP contribution in [0.15, 0.2) is 36.4 Å². The molecule has 2 aromatic carbocycles. The fourth-order valence-electron chi connectivity index (χ4n) is 7.33. The van der Waals surface area contributed by atoms with Crippen molar-refractivity contribution in [3.05, 3.63) is 69.9 Å². The highest BCUT2D eigenvalue weighted by Crippen LogP contribution is 2.70. The lowest BCUT2D eigenvalue weighted by Gasteiger charge is -2.62. The molecule has 4 aliphatic rings.